The molecule has 0 radical (unpaired) electrons. The lowest BCUT2D eigenvalue weighted by Crippen LogP contribution is -2.00. The van der Waals surface area contributed by atoms with Crippen LogP contribution >= 0.6 is 11.6 Å². The van der Waals surface area contributed by atoms with Crippen molar-refractivity contribution in [3.63, 3.8) is 0 Å². The molecule has 0 amide bonds. The van der Waals surface area contributed by atoms with Crippen molar-refractivity contribution in [3.05, 3.63) is 112 Å². The second-order valence-corrected chi connectivity index (χ2v) is 7.54. The third-order valence-corrected chi connectivity index (χ3v) is 5.25. The first-order valence-electron chi connectivity index (χ1n) is 9.73. The van der Waals surface area contributed by atoms with Gasteiger partial charge in [-0.05, 0) is 59.9 Å². The van der Waals surface area contributed by atoms with Gasteiger partial charge >= 0.3 is 5.97 Å². The van der Waals surface area contributed by atoms with E-state index in [2.05, 4.69) is 18.2 Å². The average molecular weight is 414 g/mol. The minimum Gasteiger partial charge on any atom is -0.478 e. The van der Waals surface area contributed by atoms with Crippen molar-refractivity contribution in [2.45, 2.75) is 12.8 Å². The molecule has 30 heavy (non-hydrogen) atoms. The van der Waals surface area contributed by atoms with E-state index < -0.39 is 5.97 Å². The molecular weight excluding hydrogens is 394 g/mol. The van der Waals surface area contributed by atoms with Crippen molar-refractivity contribution in [2.24, 2.45) is 0 Å². The molecule has 0 bridgehead atoms. The number of nitrogens with zero attached hydrogens (tertiary/aromatic N) is 1. The molecule has 3 aromatic carbocycles. The van der Waals surface area contributed by atoms with Crippen LogP contribution < -0.4 is 0 Å². The van der Waals surface area contributed by atoms with Crippen LogP contribution in [-0.2, 0) is 17.6 Å². The van der Waals surface area contributed by atoms with Crippen LogP contribution in [0.25, 0.3) is 22.6 Å². The standard InChI is InChI=1S/C26H20ClNO2/c27-22-13-7-19(8-14-22)17-24(26(29)30)20-10-5-18(6-11-20)9-15-23-16-12-21-3-1-2-4-25(21)28-23/h1-8,10-14,16-17H,9,15H2,(H,29,30)/b24-17+. The van der Waals surface area contributed by atoms with Crippen molar-refractivity contribution in [2.75, 3.05) is 0 Å². The van der Waals surface area contributed by atoms with Gasteiger partial charge in [0.2, 0.25) is 0 Å². The van der Waals surface area contributed by atoms with Crippen molar-refractivity contribution in [1.82, 2.24) is 4.98 Å². The molecule has 0 unspecified atom stereocenters. The maximum Gasteiger partial charge on any atom is 0.336 e. The molecule has 0 aliphatic rings. The predicted octanol–water partition coefficient (Wildman–Crippen LogP) is 6.30. The van der Waals surface area contributed by atoms with Crippen LogP contribution in [0.5, 0.6) is 0 Å². The first-order valence-corrected chi connectivity index (χ1v) is 10.1. The average Bonchev–Trinajstić information content (AvgIpc) is 2.77. The molecule has 148 valence electrons. The number of para-hydroxylation sites is 1. The summed E-state index contributed by atoms with van der Waals surface area (Å²) in [7, 11) is 0. The zero-order valence-corrected chi connectivity index (χ0v) is 17.0. The highest BCUT2D eigenvalue weighted by atomic mass is 35.5. The van der Waals surface area contributed by atoms with Crippen LogP contribution in [0.3, 0.4) is 0 Å². The van der Waals surface area contributed by atoms with Gasteiger partial charge in [0.1, 0.15) is 0 Å². The van der Waals surface area contributed by atoms with Gasteiger partial charge in [-0.3, -0.25) is 4.98 Å². The van der Waals surface area contributed by atoms with Gasteiger partial charge in [-0.25, -0.2) is 4.79 Å². The number of halogens is 1. The summed E-state index contributed by atoms with van der Waals surface area (Å²) in [5.74, 6) is -0.960. The quantitative estimate of drug-likeness (QED) is 0.298. The van der Waals surface area contributed by atoms with Gasteiger partial charge in [0.25, 0.3) is 0 Å². The van der Waals surface area contributed by atoms with Gasteiger partial charge in [-0.2, -0.15) is 0 Å². The summed E-state index contributed by atoms with van der Waals surface area (Å²) in [4.78, 5) is 16.5. The molecule has 0 aliphatic heterocycles. The number of benzene rings is 3. The van der Waals surface area contributed by atoms with Gasteiger partial charge in [-0.1, -0.05) is 72.3 Å². The van der Waals surface area contributed by atoms with Crippen molar-refractivity contribution in [1.29, 1.82) is 0 Å². The molecule has 0 atom stereocenters. The van der Waals surface area contributed by atoms with Crippen LogP contribution in [0, 0.1) is 0 Å². The maximum absolute atomic E-state index is 11.8. The topological polar surface area (TPSA) is 50.2 Å². The van der Waals surface area contributed by atoms with Crippen molar-refractivity contribution < 1.29 is 9.90 Å². The lowest BCUT2D eigenvalue weighted by Gasteiger charge is -2.07. The number of aromatic nitrogens is 1. The van der Waals surface area contributed by atoms with E-state index in [1.54, 1.807) is 30.3 Å². The zero-order chi connectivity index (χ0) is 20.9. The van der Waals surface area contributed by atoms with Crippen LogP contribution in [0.2, 0.25) is 5.02 Å². The Morgan fingerprint density at radius 3 is 2.33 bits per heavy atom. The largest absolute Gasteiger partial charge is 0.478 e. The summed E-state index contributed by atoms with van der Waals surface area (Å²) in [6.45, 7) is 0. The Labute approximate surface area is 180 Å². The number of pyridine rings is 1. The molecular formula is C26H20ClNO2. The number of hydrogen-bond acceptors (Lipinski definition) is 2. The first-order chi connectivity index (χ1) is 14.6. The third kappa shape index (κ3) is 4.76. The minimum atomic E-state index is -0.960. The smallest absolute Gasteiger partial charge is 0.336 e. The number of aryl methyl sites for hydroxylation is 2. The number of hydrogen-bond donors (Lipinski definition) is 1. The molecule has 1 N–H and O–H groups in total. The monoisotopic (exact) mass is 413 g/mol. The summed E-state index contributed by atoms with van der Waals surface area (Å²) in [5.41, 5.74) is 4.91. The van der Waals surface area contributed by atoms with Crippen LogP contribution in [-0.4, -0.2) is 16.1 Å². The molecule has 4 heteroatoms. The van der Waals surface area contributed by atoms with E-state index in [-0.39, 0.29) is 5.57 Å². The predicted molar refractivity (Wildman–Crippen MR) is 123 cm³/mol. The van der Waals surface area contributed by atoms with Gasteiger partial charge in [0.15, 0.2) is 0 Å². The molecule has 1 heterocycles. The van der Waals surface area contributed by atoms with Gasteiger partial charge < -0.3 is 5.11 Å². The SMILES string of the molecule is O=C(O)/C(=C/c1ccc(Cl)cc1)c1ccc(CCc2ccc3ccccc3n2)cc1. The van der Waals surface area contributed by atoms with E-state index in [0.717, 1.165) is 40.6 Å². The number of rotatable bonds is 6. The highest BCUT2D eigenvalue weighted by Crippen LogP contribution is 2.21. The molecule has 4 aromatic rings. The summed E-state index contributed by atoms with van der Waals surface area (Å²) < 4.78 is 0. The molecule has 0 saturated heterocycles. The van der Waals surface area contributed by atoms with E-state index in [0.29, 0.717) is 10.6 Å². The van der Waals surface area contributed by atoms with Gasteiger partial charge in [-0.15, -0.1) is 0 Å². The first kappa shape index (κ1) is 19.9. The van der Waals surface area contributed by atoms with Crippen LogP contribution in [0.15, 0.2) is 84.9 Å². The maximum atomic E-state index is 11.8. The fourth-order valence-corrected chi connectivity index (χ4v) is 3.49. The molecule has 4 rings (SSSR count). The summed E-state index contributed by atoms with van der Waals surface area (Å²) in [6.07, 6.45) is 3.33. The number of aliphatic carboxylic acids is 1. The Morgan fingerprint density at radius 1 is 0.867 bits per heavy atom. The molecule has 3 nitrogen and oxygen atoms in total. The Balaban J connectivity index is 1.49. The zero-order valence-electron chi connectivity index (χ0n) is 16.3. The number of carboxylic acids is 1. The summed E-state index contributed by atoms with van der Waals surface area (Å²) in [5, 5.41) is 11.4. The van der Waals surface area contributed by atoms with Crippen molar-refractivity contribution >= 4 is 40.1 Å². The molecule has 0 saturated carbocycles. The minimum absolute atomic E-state index is 0.250. The van der Waals surface area contributed by atoms with E-state index in [9.17, 15) is 9.90 Å². The Bertz CT molecular complexity index is 1210. The summed E-state index contributed by atoms with van der Waals surface area (Å²) in [6, 6.07) is 27.0. The molecule has 1 aromatic heterocycles. The Morgan fingerprint density at radius 2 is 1.60 bits per heavy atom. The normalized spacial score (nSPS) is 11.6. The van der Waals surface area contributed by atoms with E-state index in [4.69, 9.17) is 16.6 Å². The van der Waals surface area contributed by atoms with Crippen LogP contribution in [0.1, 0.15) is 22.4 Å². The molecule has 0 fully saturated rings. The van der Waals surface area contributed by atoms with Crippen LogP contribution in [0.4, 0.5) is 0 Å². The highest BCUT2D eigenvalue weighted by Gasteiger charge is 2.11. The second kappa shape index (κ2) is 8.93. The van der Waals surface area contributed by atoms with Crippen molar-refractivity contribution in [3.8, 4) is 0 Å². The fourth-order valence-electron chi connectivity index (χ4n) is 3.37. The Hall–Kier alpha value is -3.43. The molecule has 0 spiro atoms. The second-order valence-electron chi connectivity index (χ2n) is 7.11. The van der Waals surface area contributed by atoms with Gasteiger partial charge in [0.05, 0.1) is 11.1 Å². The fraction of sp³-hybridized carbons (Fsp3) is 0.0769. The Kier molecular flexibility index (Phi) is 5.92. The lowest BCUT2D eigenvalue weighted by atomic mass is 9.99. The highest BCUT2D eigenvalue weighted by molar-refractivity contribution is 6.30. The lowest BCUT2D eigenvalue weighted by molar-refractivity contribution is -0.130. The summed E-state index contributed by atoms with van der Waals surface area (Å²) >= 11 is 5.91. The van der Waals surface area contributed by atoms with Gasteiger partial charge in [0, 0.05) is 16.1 Å². The van der Waals surface area contributed by atoms with E-state index in [1.807, 2.05) is 42.5 Å². The third-order valence-electron chi connectivity index (χ3n) is 5.00. The van der Waals surface area contributed by atoms with E-state index >= 15 is 0 Å². The number of carboxylic acid groups (broad SMARTS) is 1. The number of fused-ring (bicyclic) bond motifs is 1. The molecule has 0 aliphatic carbocycles. The van der Waals surface area contributed by atoms with E-state index in [1.165, 1.54) is 0 Å². The number of carbonyl (C=O) groups is 1.